The van der Waals surface area contributed by atoms with Crippen molar-refractivity contribution in [1.29, 1.82) is 0 Å². The Morgan fingerprint density at radius 3 is 2.74 bits per heavy atom. The SMILES string of the molecule is CC/C(=C\c1ccc2[nH]ncc2c1)c1ccc(F)c(Oc2ccccc2)c1. The average Bonchev–Trinajstić information content (AvgIpc) is 3.16. The van der Waals surface area contributed by atoms with Gasteiger partial charge in [0.1, 0.15) is 5.75 Å². The highest BCUT2D eigenvalue weighted by molar-refractivity contribution is 5.86. The van der Waals surface area contributed by atoms with E-state index in [4.69, 9.17) is 4.74 Å². The molecule has 0 bridgehead atoms. The van der Waals surface area contributed by atoms with Crippen LogP contribution < -0.4 is 4.74 Å². The van der Waals surface area contributed by atoms with Crippen LogP contribution in [0.4, 0.5) is 4.39 Å². The molecule has 0 spiro atoms. The van der Waals surface area contributed by atoms with Gasteiger partial charge in [0, 0.05) is 5.39 Å². The summed E-state index contributed by atoms with van der Waals surface area (Å²) in [5, 5.41) is 8.07. The molecule has 134 valence electrons. The van der Waals surface area contributed by atoms with Crippen molar-refractivity contribution in [2.75, 3.05) is 0 Å². The highest BCUT2D eigenvalue weighted by Gasteiger charge is 2.09. The summed E-state index contributed by atoms with van der Waals surface area (Å²) in [6.45, 7) is 2.09. The van der Waals surface area contributed by atoms with Crippen molar-refractivity contribution in [3.63, 3.8) is 0 Å². The fraction of sp³-hybridized carbons (Fsp3) is 0.0870. The fourth-order valence-electron chi connectivity index (χ4n) is 3.04. The zero-order valence-electron chi connectivity index (χ0n) is 14.9. The van der Waals surface area contributed by atoms with Crippen molar-refractivity contribution in [2.45, 2.75) is 13.3 Å². The number of aromatic amines is 1. The standard InChI is InChI=1S/C23H19FN2O/c1-2-17(12-16-8-11-22-19(13-16)15-25-26-22)18-9-10-21(24)23(14-18)27-20-6-4-3-5-7-20/h3-15H,2H2,1H3,(H,25,26)/b17-12+. The van der Waals surface area contributed by atoms with Crippen LogP contribution in [0.25, 0.3) is 22.6 Å². The number of halogens is 1. The van der Waals surface area contributed by atoms with Crippen LogP contribution in [0.3, 0.4) is 0 Å². The van der Waals surface area contributed by atoms with E-state index in [2.05, 4.69) is 29.3 Å². The minimum absolute atomic E-state index is 0.225. The van der Waals surface area contributed by atoms with Crippen LogP contribution in [0.15, 0.2) is 72.9 Å². The molecule has 0 fully saturated rings. The van der Waals surface area contributed by atoms with Gasteiger partial charge < -0.3 is 4.74 Å². The lowest BCUT2D eigenvalue weighted by Gasteiger charge is -2.11. The Kier molecular flexibility index (Phi) is 4.71. The van der Waals surface area contributed by atoms with Gasteiger partial charge in [-0.15, -0.1) is 0 Å². The molecule has 4 aromatic rings. The molecule has 0 saturated carbocycles. The fourth-order valence-corrected chi connectivity index (χ4v) is 3.04. The lowest BCUT2D eigenvalue weighted by Crippen LogP contribution is -1.91. The Bertz CT molecular complexity index is 1100. The summed E-state index contributed by atoms with van der Waals surface area (Å²) < 4.78 is 20.0. The third-order valence-corrected chi connectivity index (χ3v) is 4.46. The number of nitrogens with zero attached hydrogens (tertiary/aromatic N) is 1. The molecule has 4 rings (SSSR count). The molecule has 1 heterocycles. The van der Waals surface area contributed by atoms with Crippen molar-refractivity contribution in [1.82, 2.24) is 10.2 Å². The first-order valence-electron chi connectivity index (χ1n) is 8.89. The largest absolute Gasteiger partial charge is 0.454 e. The first-order chi connectivity index (χ1) is 13.2. The van der Waals surface area contributed by atoms with E-state index in [1.54, 1.807) is 12.1 Å². The summed E-state index contributed by atoms with van der Waals surface area (Å²) in [7, 11) is 0. The van der Waals surface area contributed by atoms with Crippen molar-refractivity contribution >= 4 is 22.6 Å². The van der Waals surface area contributed by atoms with Gasteiger partial charge in [-0.2, -0.15) is 5.10 Å². The third kappa shape index (κ3) is 3.75. The molecule has 1 N–H and O–H groups in total. The maximum Gasteiger partial charge on any atom is 0.165 e. The van der Waals surface area contributed by atoms with E-state index < -0.39 is 0 Å². The summed E-state index contributed by atoms with van der Waals surface area (Å²) in [5.41, 5.74) is 4.13. The maximum absolute atomic E-state index is 14.2. The van der Waals surface area contributed by atoms with Crippen molar-refractivity contribution in [3.8, 4) is 11.5 Å². The molecule has 0 radical (unpaired) electrons. The highest BCUT2D eigenvalue weighted by atomic mass is 19.1. The molecule has 0 unspecified atom stereocenters. The molecule has 1 aromatic heterocycles. The van der Waals surface area contributed by atoms with Gasteiger partial charge in [-0.05, 0) is 59.5 Å². The Hall–Kier alpha value is -3.40. The minimum atomic E-state index is -0.377. The van der Waals surface area contributed by atoms with Gasteiger partial charge in [-0.25, -0.2) is 4.39 Å². The Labute approximate surface area is 157 Å². The van der Waals surface area contributed by atoms with E-state index >= 15 is 0 Å². The minimum Gasteiger partial charge on any atom is -0.454 e. The van der Waals surface area contributed by atoms with E-state index in [0.29, 0.717) is 5.75 Å². The molecule has 27 heavy (non-hydrogen) atoms. The number of benzene rings is 3. The second kappa shape index (κ2) is 7.46. The van der Waals surface area contributed by atoms with Gasteiger partial charge in [0.25, 0.3) is 0 Å². The number of aromatic nitrogens is 2. The summed E-state index contributed by atoms with van der Waals surface area (Å²) in [4.78, 5) is 0. The molecule has 0 aliphatic carbocycles. The summed E-state index contributed by atoms with van der Waals surface area (Å²) in [6.07, 6.45) is 4.74. The molecule has 3 nitrogen and oxygen atoms in total. The lowest BCUT2D eigenvalue weighted by molar-refractivity contribution is 0.442. The molecule has 3 aromatic carbocycles. The molecule has 0 amide bonds. The van der Waals surface area contributed by atoms with Gasteiger partial charge in [-0.1, -0.05) is 43.3 Å². The summed E-state index contributed by atoms with van der Waals surface area (Å²) in [6, 6.07) is 20.4. The number of allylic oxidation sites excluding steroid dienone is 1. The van der Waals surface area contributed by atoms with Crippen LogP contribution >= 0.6 is 0 Å². The number of para-hydroxylation sites is 1. The lowest BCUT2D eigenvalue weighted by atomic mass is 9.99. The number of H-pyrrole nitrogens is 1. The van der Waals surface area contributed by atoms with E-state index in [-0.39, 0.29) is 11.6 Å². The summed E-state index contributed by atoms with van der Waals surface area (Å²) >= 11 is 0. The quantitative estimate of drug-likeness (QED) is 0.417. The van der Waals surface area contributed by atoms with E-state index in [1.807, 2.05) is 48.7 Å². The van der Waals surface area contributed by atoms with Gasteiger partial charge in [-0.3, -0.25) is 5.10 Å². The Balaban J connectivity index is 1.68. The van der Waals surface area contributed by atoms with Gasteiger partial charge in [0.2, 0.25) is 0 Å². The van der Waals surface area contributed by atoms with Crippen molar-refractivity contribution in [3.05, 3.63) is 89.9 Å². The molecule has 0 aliphatic rings. The van der Waals surface area contributed by atoms with Crippen molar-refractivity contribution < 1.29 is 9.13 Å². The number of nitrogens with one attached hydrogen (secondary N) is 1. The monoisotopic (exact) mass is 358 g/mol. The predicted molar refractivity (Wildman–Crippen MR) is 107 cm³/mol. The molecule has 0 aliphatic heterocycles. The maximum atomic E-state index is 14.2. The van der Waals surface area contributed by atoms with E-state index in [9.17, 15) is 4.39 Å². The first kappa shape index (κ1) is 17.0. The second-order valence-corrected chi connectivity index (χ2v) is 6.30. The number of rotatable bonds is 5. The van der Waals surface area contributed by atoms with Crippen LogP contribution in [-0.4, -0.2) is 10.2 Å². The smallest absolute Gasteiger partial charge is 0.165 e. The van der Waals surface area contributed by atoms with E-state index in [0.717, 1.165) is 34.0 Å². The average molecular weight is 358 g/mol. The Morgan fingerprint density at radius 2 is 1.93 bits per heavy atom. The molecule has 0 atom stereocenters. The highest BCUT2D eigenvalue weighted by Crippen LogP contribution is 2.30. The van der Waals surface area contributed by atoms with E-state index in [1.165, 1.54) is 6.07 Å². The van der Waals surface area contributed by atoms with Crippen LogP contribution in [0.2, 0.25) is 0 Å². The number of ether oxygens (including phenoxy) is 1. The number of fused-ring (bicyclic) bond motifs is 1. The van der Waals surface area contributed by atoms with Crippen LogP contribution in [-0.2, 0) is 0 Å². The topological polar surface area (TPSA) is 37.9 Å². The molecular formula is C23H19FN2O. The van der Waals surface area contributed by atoms with Gasteiger partial charge in [0.15, 0.2) is 11.6 Å². The second-order valence-electron chi connectivity index (χ2n) is 6.30. The van der Waals surface area contributed by atoms with Crippen molar-refractivity contribution in [2.24, 2.45) is 0 Å². The normalized spacial score (nSPS) is 11.7. The molecule has 4 heteroatoms. The molecular weight excluding hydrogens is 339 g/mol. The zero-order chi connectivity index (χ0) is 18.6. The van der Waals surface area contributed by atoms with Gasteiger partial charge >= 0.3 is 0 Å². The van der Waals surface area contributed by atoms with Crippen LogP contribution in [0.1, 0.15) is 24.5 Å². The third-order valence-electron chi connectivity index (χ3n) is 4.46. The summed E-state index contributed by atoms with van der Waals surface area (Å²) in [5.74, 6) is 0.460. The van der Waals surface area contributed by atoms with Crippen LogP contribution in [0.5, 0.6) is 11.5 Å². The number of hydrogen-bond donors (Lipinski definition) is 1. The zero-order valence-corrected chi connectivity index (χ0v) is 14.9. The number of hydrogen-bond acceptors (Lipinski definition) is 2. The van der Waals surface area contributed by atoms with Crippen LogP contribution in [0, 0.1) is 5.82 Å². The first-order valence-corrected chi connectivity index (χ1v) is 8.89. The molecule has 0 saturated heterocycles. The predicted octanol–water partition coefficient (Wildman–Crippen LogP) is 6.44. The Morgan fingerprint density at radius 1 is 1.07 bits per heavy atom. The van der Waals surface area contributed by atoms with Gasteiger partial charge in [0.05, 0.1) is 11.7 Å².